The maximum atomic E-state index is 14.2. The number of Topliss-reactive ketones (excluding diaryl/α,β-unsaturated/α-hetero) is 2. The quantitative estimate of drug-likeness (QED) is 0.0636. The Balaban J connectivity index is 0.000000168. The van der Waals surface area contributed by atoms with Crippen LogP contribution in [-0.4, -0.2) is 192 Å². The van der Waals surface area contributed by atoms with Gasteiger partial charge in [-0.25, -0.2) is 34.3 Å². The molecule has 0 unspecified atom stereocenters. The molecule has 15 rings (SSSR count). The van der Waals surface area contributed by atoms with E-state index < -0.39 is 28.0 Å². The van der Waals surface area contributed by atoms with Gasteiger partial charge in [-0.05, 0) is 275 Å². The van der Waals surface area contributed by atoms with Gasteiger partial charge in [0, 0.05) is 126 Å². The van der Waals surface area contributed by atoms with Crippen LogP contribution in [0, 0.1) is 7.43 Å². The monoisotopic (exact) mass is 1790 g/mol. The third-order valence-electron chi connectivity index (χ3n) is 21.1. The molecule has 4 saturated heterocycles. The number of nitrogens with one attached hydrogen (secondary N) is 3. The van der Waals surface area contributed by atoms with Crippen LogP contribution >= 0.6 is 11.6 Å². The van der Waals surface area contributed by atoms with Crippen LogP contribution in [0.4, 0.5) is 37.7 Å². The number of ether oxygens (including phenoxy) is 3. The van der Waals surface area contributed by atoms with E-state index in [0.29, 0.717) is 88.6 Å². The first-order chi connectivity index (χ1) is 54.7. The van der Waals surface area contributed by atoms with Crippen molar-refractivity contribution in [1.29, 1.82) is 0 Å². The zero-order chi connectivity index (χ0) is 82.2. The normalized spacial score (nSPS) is 20.8. The molecule has 628 valence electrons. The van der Waals surface area contributed by atoms with E-state index in [1.165, 1.54) is 18.4 Å². The van der Waals surface area contributed by atoms with Gasteiger partial charge in [0.25, 0.3) is 11.8 Å². The van der Waals surface area contributed by atoms with E-state index in [1.54, 1.807) is 122 Å². The van der Waals surface area contributed by atoms with E-state index >= 15 is 0 Å². The summed E-state index contributed by atoms with van der Waals surface area (Å²) in [7, 11) is 0. The van der Waals surface area contributed by atoms with Crippen LogP contribution in [0.2, 0.25) is 5.02 Å². The molecule has 0 spiro atoms. The number of carbonyl (C=O) groups excluding carboxylic acids is 7. The minimum absolute atomic E-state index is 0. The van der Waals surface area contributed by atoms with Crippen molar-refractivity contribution in [2.24, 2.45) is 10.3 Å². The largest absolute Gasteiger partial charge is 0.444 e. The number of amides is 5. The van der Waals surface area contributed by atoms with Crippen molar-refractivity contribution >= 4 is 88.0 Å². The molecule has 3 aliphatic carbocycles. The first kappa shape index (κ1) is 89.9. The maximum absolute atomic E-state index is 14.2. The summed E-state index contributed by atoms with van der Waals surface area (Å²) in [6, 6.07) is 29.9. The summed E-state index contributed by atoms with van der Waals surface area (Å²) in [5.74, 6) is 3.99. The molecule has 0 bridgehead atoms. The van der Waals surface area contributed by atoms with Crippen LogP contribution in [0.1, 0.15) is 246 Å². The zero-order valence-electron chi connectivity index (χ0n) is 70.2. The molecule has 7 fully saturated rings. The molecule has 10 heterocycles. The number of carbonyl (C=O) groups is 7. The van der Waals surface area contributed by atoms with Crippen molar-refractivity contribution in [2.75, 3.05) is 72.8 Å². The van der Waals surface area contributed by atoms with Gasteiger partial charge in [-0.2, -0.15) is 0 Å². The second-order valence-electron chi connectivity index (χ2n) is 35.2. The fourth-order valence-corrected chi connectivity index (χ4v) is 15.0. The van der Waals surface area contributed by atoms with Gasteiger partial charge in [-0.1, -0.05) is 64.4 Å². The summed E-state index contributed by atoms with van der Waals surface area (Å²) in [5.41, 5.74) is 2.89. The fraction of sp³-hybridized carbons (Fsp3) is 0.528. The number of oxime groups is 2. The van der Waals surface area contributed by atoms with Crippen LogP contribution in [-0.2, 0) is 54.5 Å². The number of piperidine rings is 4. The standard InChI is InChI=1S/C30H36N4O5.C25H28N4O3.C18H27N3O2.C15H22ClN3O2.CH3.W/c1-29(2,3)38-28(37)33-17-7-8-22(18-33)34(26-23(19-10-11-19)9-6-16-31-26)27(36)21-14-12-20(13-15-21)24-25(35)30(4,5)39-32-24;1-25(2)22(30)21(28-32-25)17-9-11-18(12-10-17)24(31)29(19-5-3-13-26-15-19)23-20(16-7-8-16)6-4-14-27-23;1-18(2,3)23-17(22)21-11-5-6-14(12-21)20-16-15(13-8-9-13)7-4-10-19-16;1-15(2,3)21-14(20)19-9-5-6-11(10-19)18-13-12(16)7-4-8-17-13;;/h6,9,12-16,19,22H,7-8,10-11,17-18H2,1-5H3;4,6,9-12,14,16,19,26H,3,5,7-8,13,15H2,1-2H3;4,7,10,13-14H,5-6,8-9,11-12H2,1-3H3,(H,19,20);4,7-8,11H,5-6,9-10H2,1-3H3,(H,17,18);1H3;/q;;;;-1;/t22-;19-;14-;11-;;/m1111../s1. The Hall–Kier alpha value is -9.39. The molecular formula is C89H116ClN14O12W-. The van der Waals surface area contributed by atoms with Crippen LogP contribution in [0.5, 0.6) is 0 Å². The number of benzene rings is 2. The molecule has 0 radical (unpaired) electrons. The Kier molecular flexibility index (Phi) is 29.6. The van der Waals surface area contributed by atoms with E-state index in [1.807, 2.05) is 103 Å². The molecule has 4 aromatic heterocycles. The Labute approximate surface area is 708 Å². The summed E-state index contributed by atoms with van der Waals surface area (Å²) in [6.07, 6.45) is 20.5. The number of likely N-dealkylation sites (tertiary alicyclic amines) is 3. The van der Waals surface area contributed by atoms with Gasteiger partial charge in [0.1, 0.15) is 40.1 Å². The average molecular weight is 1790 g/mol. The van der Waals surface area contributed by atoms with Crippen molar-refractivity contribution in [3.8, 4) is 0 Å². The van der Waals surface area contributed by atoms with Crippen LogP contribution in [0.25, 0.3) is 0 Å². The first-order valence-electron chi connectivity index (χ1n) is 40.8. The Morgan fingerprint density at radius 1 is 0.479 bits per heavy atom. The van der Waals surface area contributed by atoms with Crippen LogP contribution in [0.15, 0.2) is 132 Å². The summed E-state index contributed by atoms with van der Waals surface area (Å²) in [4.78, 5) is 128. The summed E-state index contributed by atoms with van der Waals surface area (Å²) < 4.78 is 16.5. The van der Waals surface area contributed by atoms with E-state index in [2.05, 4.69) is 58.3 Å². The fourth-order valence-electron chi connectivity index (χ4n) is 14.8. The van der Waals surface area contributed by atoms with E-state index in [9.17, 15) is 33.6 Å². The van der Waals surface area contributed by atoms with E-state index in [0.717, 1.165) is 126 Å². The molecule has 3 saturated carbocycles. The van der Waals surface area contributed by atoms with Crippen molar-refractivity contribution in [2.45, 2.75) is 250 Å². The van der Waals surface area contributed by atoms with Gasteiger partial charge in [-0.15, -0.1) is 0 Å². The molecule has 2 aromatic carbocycles. The smallest absolute Gasteiger partial charge is 0.410 e. The Bertz CT molecular complexity index is 4540. The molecular weight excluding hydrogens is 1680 g/mol. The van der Waals surface area contributed by atoms with Crippen LogP contribution in [0.3, 0.4) is 0 Å². The number of hydrogen-bond donors (Lipinski definition) is 3. The second-order valence-corrected chi connectivity index (χ2v) is 35.6. The number of aromatic nitrogens is 4. The van der Waals surface area contributed by atoms with Gasteiger partial charge in [0.15, 0.2) is 22.6 Å². The third-order valence-corrected chi connectivity index (χ3v) is 21.4. The number of hydrogen-bond acceptors (Lipinski definition) is 21. The number of halogens is 1. The number of nitrogens with zero attached hydrogens (tertiary/aromatic N) is 11. The van der Waals surface area contributed by atoms with Gasteiger partial charge in [0.2, 0.25) is 11.6 Å². The third kappa shape index (κ3) is 24.0. The zero-order valence-corrected chi connectivity index (χ0v) is 73.9. The number of anilines is 4. The van der Waals surface area contributed by atoms with Gasteiger partial charge in [0.05, 0.1) is 17.1 Å². The topological polar surface area (TPSA) is 294 Å². The van der Waals surface area contributed by atoms with Crippen molar-refractivity contribution < 1.29 is 78.5 Å². The molecule has 6 aromatic rings. The molecule has 5 amide bonds. The molecule has 3 N–H and O–H groups in total. The van der Waals surface area contributed by atoms with E-state index in [-0.39, 0.29) is 100 Å². The number of rotatable bonds is 15. The van der Waals surface area contributed by atoms with Gasteiger partial charge < -0.3 is 62.0 Å². The van der Waals surface area contributed by atoms with Crippen molar-refractivity contribution in [3.63, 3.8) is 0 Å². The van der Waals surface area contributed by atoms with Crippen molar-refractivity contribution in [1.82, 2.24) is 40.0 Å². The average Bonchev–Trinajstić information content (AvgIpc) is 1.76. The van der Waals surface area contributed by atoms with E-state index in [4.69, 9.17) is 35.5 Å². The molecule has 4 atom stereocenters. The van der Waals surface area contributed by atoms with Gasteiger partial charge >= 0.3 is 18.3 Å². The second kappa shape index (κ2) is 38.6. The molecule has 117 heavy (non-hydrogen) atoms. The Morgan fingerprint density at radius 2 is 0.846 bits per heavy atom. The molecule has 6 aliphatic heterocycles. The first-order valence-corrected chi connectivity index (χ1v) is 41.2. The molecule has 28 heteroatoms. The Morgan fingerprint density at radius 3 is 1.24 bits per heavy atom. The van der Waals surface area contributed by atoms with Crippen molar-refractivity contribution in [3.05, 3.63) is 173 Å². The summed E-state index contributed by atoms with van der Waals surface area (Å²) >= 11 is 6.10. The van der Waals surface area contributed by atoms with Crippen LogP contribution < -0.4 is 25.8 Å². The summed E-state index contributed by atoms with van der Waals surface area (Å²) in [6.45, 7) is 29.0. The minimum atomic E-state index is -1.00. The molecule has 9 aliphatic rings. The maximum Gasteiger partial charge on any atom is 0.410 e. The minimum Gasteiger partial charge on any atom is -0.444 e. The SMILES string of the molecule is CC(C)(C)OC(=O)N1CCC[C@@H](N(C(=O)c2ccc(C3=NOC(C)(C)C3=O)cc2)c2ncccc2C2CC2)C1.CC(C)(C)OC(=O)N1CCC[C@@H](Nc2ncccc2C2CC2)C1.CC(C)(C)OC(=O)N1CCC[C@@H](Nc2ncccc2Cl)C1.CC1(C)ON=C(c2ccc(C(=O)N(c3ncccc3C3CC3)[C@@H]3CCCNC3)cc2)C1=O.[CH3-].[W]. The predicted molar refractivity (Wildman–Crippen MR) is 450 cm³/mol. The number of pyridine rings is 4. The number of ketones is 2. The molecule has 26 nitrogen and oxygen atoms in total. The predicted octanol–water partition coefficient (Wildman–Crippen LogP) is 16.3. The van der Waals surface area contributed by atoms with Gasteiger partial charge in [-0.3, -0.25) is 29.0 Å². The summed E-state index contributed by atoms with van der Waals surface area (Å²) in [5, 5.41) is 18.8.